The summed E-state index contributed by atoms with van der Waals surface area (Å²) >= 11 is 0. The summed E-state index contributed by atoms with van der Waals surface area (Å²) in [5.74, 6) is 1.79. The van der Waals surface area contributed by atoms with E-state index >= 15 is 0 Å². The third kappa shape index (κ3) is 5.01. The molecule has 6 nitrogen and oxygen atoms in total. The molecule has 8 aromatic carbocycles. The molecule has 0 spiro atoms. The van der Waals surface area contributed by atoms with Crippen LogP contribution in [0.2, 0.25) is 0 Å². The van der Waals surface area contributed by atoms with E-state index in [1.807, 2.05) is 66.7 Å². The summed E-state index contributed by atoms with van der Waals surface area (Å²) in [6.07, 6.45) is 0. The average Bonchev–Trinajstić information content (AvgIpc) is 3.95. The lowest BCUT2D eigenvalue weighted by atomic mass is 10.0. The molecule has 0 fully saturated rings. The minimum atomic E-state index is 0.574. The molecule has 12 aromatic rings. The first-order valence-corrected chi connectivity index (χ1v) is 19.0. The summed E-state index contributed by atoms with van der Waals surface area (Å²) in [5, 5.41) is 6.54. The topological polar surface area (TPSA) is 69.9 Å². The van der Waals surface area contributed by atoms with Crippen LogP contribution in [0.4, 0.5) is 0 Å². The van der Waals surface area contributed by atoms with Crippen LogP contribution in [-0.2, 0) is 0 Å². The van der Waals surface area contributed by atoms with Crippen molar-refractivity contribution in [3.05, 3.63) is 182 Å². The maximum absolute atomic E-state index is 6.50. The molecular weight excluding hydrogens is 701 g/mol. The smallest absolute Gasteiger partial charge is 0.164 e. The second-order valence-corrected chi connectivity index (χ2v) is 14.4. The number of para-hydroxylation sites is 3. The molecule has 0 aliphatic heterocycles. The Labute approximate surface area is 325 Å². The van der Waals surface area contributed by atoms with E-state index in [4.69, 9.17) is 23.8 Å². The standard InChI is InChI=1S/C51H30N4O2/c1-3-12-31(13-4-1)49-52-50(54-51(53-49)40-18-11-20-43-48(40)39-17-7-9-19-42(39)55(43)35-14-5-2-6-15-35)34-23-26-38-41-28-32(24-27-45(41)57-47(38)30-34)33-22-25-37-36-16-8-10-21-44(36)56-46(37)29-33/h1-30H. The van der Waals surface area contributed by atoms with Crippen molar-refractivity contribution >= 4 is 65.7 Å². The predicted octanol–water partition coefficient (Wildman–Crippen LogP) is 13.4. The zero-order valence-electron chi connectivity index (χ0n) is 30.4. The van der Waals surface area contributed by atoms with Crippen LogP contribution in [0.5, 0.6) is 0 Å². The largest absolute Gasteiger partial charge is 0.456 e. The van der Waals surface area contributed by atoms with Crippen molar-refractivity contribution in [2.45, 2.75) is 0 Å². The number of aromatic nitrogens is 4. The second-order valence-electron chi connectivity index (χ2n) is 14.4. The monoisotopic (exact) mass is 730 g/mol. The number of rotatable bonds is 5. The molecule has 6 heteroatoms. The Hall–Kier alpha value is -7.83. The van der Waals surface area contributed by atoms with Crippen LogP contribution in [0.3, 0.4) is 0 Å². The quantitative estimate of drug-likeness (QED) is 0.176. The molecule has 12 rings (SSSR count). The molecule has 0 saturated heterocycles. The summed E-state index contributed by atoms with van der Waals surface area (Å²) in [7, 11) is 0. The first kappa shape index (κ1) is 31.5. The van der Waals surface area contributed by atoms with Crippen molar-refractivity contribution < 1.29 is 8.83 Å². The van der Waals surface area contributed by atoms with Crippen LogP contribution >= 0.6 is 0 Å². The Bertz CT molecular complexity index is 3530. The van der Waals surface area contributed by atoms with Gasteiger partial charge in [0.1, 0.15) is 22.3 Å². The van der Waals surface area contributed by atoms with Crippen LogP contribution < -0.4 is 0 Å². The molecular formula is C51H30N4O2. The Morgan fingerprint density at radius 1 is 0.333 bits per heavy atom. The summed E-state index contributed by atoms with van der Waals surface area (Å²) in [6.45, 7) is 0. The first-order valence-electron chi connectivity index (χ1n) is 19.0. The van der Waals surface area contributed by atoms with Crippen molar-refractivity contribution in [2.75, 3.05) is 0 Å². The number of benzene rings is 8. The van der Waals surface area contributed by atoms with Gasteiger partial charge in [0, 0.05) is 54.7 Å². The van der Waals surface area contributed by atoms with Gasteiger partial charge in [-0.2, -0.15) is 0 Å². The lowest BCUT2D eigenvalue weighted by Crippen LogP contribution is -2.00. The summed E-state index contributed by atoms with van der Waals surface area (Å²) in [5.41, 5.74) is 11.5. The zero-order valence-corrected chi connectivity index (χ0v) is 30.4. The fraction of sp³-hybridized carbons (Fsp3) is 0. The van der Waals surface area contributed by atoms with E-state index in [0.717, 1.165) is 99.2 Å². The third-order valence-corrected chi connectivity index (χ3v) is 11.1. The van der Waals surface area contributed by atoms with Crippen molar-refractivity contribution in [1.29, 1.82) is 0 Å². The van der Waals surface area contributed by atoms with Crippen LogP contribution in [0.15, 0.2) is 191 Å². The van der Waals surface area contributed by atoms with Crippen LogP contribution in [-0.4, -0.2) is 19.5 Å². The molecule has 4 heterocycles. The van der Waals surface area contributed by atoms with Gasteiger partial charge < -0.3 is 13.4 Å². The average molecular weight is 731 g/mol. The summed E-state index contributed by atoms with van der Waals surface area (Å²) in [4.78, 5) is 15.4. The molecule has 0 atom stereocenters. The molecule has 0 unspecified atom stereocenters. The van der Waals surface area contributed by atoms with Gasteiger partial charge in [0.05, 0.1) is 11.0 Å². The Balaban J connectivity index is 1.01. The number of furan rings is 2. The van der Waals surface area contributed by atoms with Gasteiger partial charge in [0.2, 0.25) is 0 Å². The molecule has 57 heavy (non-hydrogen) atoms. The zero-order chi connectivity index (χ0) is 37.5. The third-order valence-electron chi connectivity index (χ3n) is 11.1. The van der Waals surface area contributed by atoms with Gasteiger partial charge >= 0.3 is 0 Å². The highest BCUT2D eigenvalue weighted by molar-refractivity contribution is 6.15. The van der Waals surface area contributed by atoms with Gasteiger partial charge in [-0.25, -0.2) is 15.0 Å². The van der Waals surface area contributed by atoms with Crippen LogP contribution in [0, 0.1) is 0 Å². The number of nitrogens with zero attached hydrogens (tertiary/aromatic N) is 4. The van der Waals surface area contributed by atoms with Crippen molar-refractivity contribution in [2.24, 2.45) is 0 Å². The summed E-state index contributed by atoms with van der Waals surface area (Å²) in [6, 6.07) is 62.7. The van der Waals surface area contributed by atoms with E-state index in [1.54, 1.807) is 0 Å². The van der Waals surface area contributed by atoms with Crippen molar-refractivity contribution in [3.8, 4) is 51.0 Å². The molecule has 0 aliphatic rings. The van der Waals surface area contributed by atoms with E-state index in [2.05, 4.69) is 120 Å². The highest BCUT2D eigenvalue weighted by Crippen LogP contribution is 2.40. The Morgan fingerprint density at radius 3 is 1.72 bits per heavy atom. The summed E-state index contributed by atoms with van der Waals surface area (Å²) < 4.78 is 15.0. The van der Waals surface area contributed by atoms with E-state index in [9.17, 15) is 0 Å². The normalized spacial score (nSPS) is 11.9. The molecule has 4 aromatic heterocycles. The van der Waals surface area contributed by atoms with E-state index < -0.39 is 0 Å². The fourth-order valence-electron chi connectivity index (χ4n) is 8.40. The number of fused-ring (bicyclic) bond motifs is 9. The molecule has 0 aliphatic carbocycles. The highest BCUT2D eigenvalue weighted by atomic mass is 16.3. The molecule has 266 valence electrons. The molecule has 0 N–H and O–H groups in total. The van der Waals surface area contributed by atoms with Gasteiger partial charge in [0.15, 0.2) is 17.5 Å². The fourth-order valence-corrected chi connectivity index (χ4v) is 8.40. The Morgan fingerprint density at radius 2 is 0.895 bits per heavy atom. The van der Waals surface area contributed by atoms with Gasteiger partial charge in [-0.15, -0.1) is 0 Å². The Kier molecular flexibility index (Phi) is 6.83. The SMILES string of the molecule is c1ccc(-c2nc(-c3ccc4c(c3)oc3ccc(-c5ccc6c(c5)oc5ccccc56)cc34)nc(-c3cccc4c3c3ccccc3n4-c3ccccc3)n2)cc1. The first-order chi connectivity index (χ1) is 28.2. The lowest BCUT2D eigenvalue weighted by molar-refractivity contribution is 0.669. The minimum absolute atomic E-state index is 0.574. The molecule has 0 radical (unpaired) electrons. The van der Waals surface area contributed by atoms with Gasteiger partial charge in [-0.3, -0.25) is 0 Å². The van der Waals surface area contributed by atoms with Gasteiger partial charge in [-0.1, -0.05) is 115 Å². The number of hydrogen-bond acceptors (Lipinski definition) is 5. The predicted molar refractivity (Wildman–Crippen MR) is 230 cm³/mol. The molecule has 0 amide bonds. The van der Waals surface area contributed by atoms with Crippen LogP contribution in [0.25, 0.3) is 117 Å². The van der Waals surface area contributed by atoms with Gasteiger partial charge in [-0.05, 0) is 77.9 Å². The molecule has 0 saturated carbocycles. The molecule has 0 bridgehead atoms. The maximum Gasteiger partial charge on any atom is 0.164 e. The minimum Gasteiger partial charge on any atom is -0.456 e. The lowest BCUT2D eigenvalue weighted by Gasteiger charge is -2.10. The maximum atomic E-state index is 6.50. The number of hydrogen-bond donors (Lipinski definition) is 0. The van der Waals surface area contributed by atoms with E-state index in [-0.39, 0.29) is 0 Å². The van der Waals surface area contributed by atoms with E-state index in [0.29, 0.717) is 17.5 Å². The second kappa shape index (κ2) is 12.3. The van der Waals surface area contributed by atoms with E-state index in [1.165, 1.54) is 0 Å². The van der Waals surface area contributed by atoms with Gasteiger partial charge in [0.25, 0.3) is 0 Å². The highest BCUT2D eigenvalue weighted by Gasteiger charge is 2.20. The van der Waals surface area contributed by atoms with Crippen molar-refractivity contribution in [1.82, 2.24) is 19.5 Å². The van der Waals surface area contributed by atoms with Crippen molar-refractivity contribution in [3.63, 3.8) is 0 Å². The van der Waals surface area contributed by atoms with Crippen LogP contribution in [0.1, 0.15) is 0 Å².